The predicted molar refractivity (Wildman–Crippen MR) is 96.2 cm³/mol. The van der Waals surface area contributed by atoms with Crippen molar-refractivity contribution < 1.29 is 0 Å². The van der Waals surface area contributed by atoms with Gasteiger partial charge in [0.05, 0.1) is 6.04 Å². The molecule has 3 aromatic rings. The maximum Gasteiger partial charge on any atom is 0.0591 e. The van der Waals surface area contributed by atoms with Gasteiger partial charge < -0.3 is 5.32 Å². The lowest BCUT2D eigenvalue weighted by molar-refractivity contribution is 0.635. The summed E-state index contributed by atoms with van der Waals surface area (Å²) in [6, 6.07) is 15.5. The van der Waals surface area contributed by atoms with Gasteiger partial charge >= 0.3 is 0 Å². The zero-order valence-corrected chi connectivity index (χ0v) is 14.6. The van der Waals surface area contributed by atoms with Gasteiger partial charge in [0.15, 0.2) is 0 Å². The molecule has 108 valence electrons. The third-order valence-electron chi connectivity index (χ3n) is 3.75. The number of halogens is 1. The van der Waals surface area contributed by atoms with E-state index in [0.717, 1.165) is 11.0 Å². The fourth-order valence-electron chi connectivity index (χ4n) is 2.68. The van der Waals surface area contributed by atoms with Crippen LogP contribution in [0.5, 0.6) is 0 Å². The van der Waals surface area contributed by atoms with E-state index in [0.29, 0.717) is 0 Å². The van der Waals surface area contributed by atoms with E-state index in [4.69, 9.17) is 0 Å². The van der Waals surface area contributed by atoms with Gasteiger partial charge in [0, 0.05) is 9.17 Å². The molecule has 0 aliphatic rings. The van der Waals surface area contributed by atoms with E-state index in [2.05, 4.69) is 82.9 Å². The van der Waals surface area contributed by atoms with Gasteiger partial charge in [-0.2, -0.15) is 0 Å². The van der Waals surface area contributed by atoms with Gasteiger partial charge in [-0.25, -0.2) is 0 Å². The van der Waals surface area contributed by atoms with Crippen molar-refractivity contribution in [2.75, 3.05) is 6.54 Å². The van der Waals surface area contributed by atoms with Crippen LogP contribution in [0.4, 0.5) is 0 Å². The Morgan fingerprint density at radius 3 is 2.76 bits per heavy atom. The van der Waals surface area contributed by atoms with Crippen molar-refractivity contribution in [3.05, 3.63) is 69.0 Å². The molecule has 0 aliphatic carbocycles. The van der Waals surface area contributed by atoms with Crippen LogP contribution in [0.3, 0.4) is 0 Å². The highest BCUT2D eigenvalue weighted by Crippen LogP contribution is 2.34. The summed E-state index contributed by atoms with van der Waals surface area (Å²) in [4.78, 5) is 0. The third kappa shape index (κ3) is 2.91. The van der Waals surface area contributed by atoms with Gasteiger partial charge in [-0.05, 0) is 53.1 Å². The average molecular weight is 360 g/mol. The molecule has 1 nitrogen and oxygen atoms in total. The van der Waals surface area contributed by atoms with Crippen LogP contribution >= 0.6 is 27.3 Å². The predicted octanol–water partition coefficient (Wildman–Crippen LogP) is 5.67. The molecule has 3 rings (SSSR count). The molecule has 2 aromatic carbocycles. The fraction of sp³-hybridized carbons (Fsp3) is 0.222. The van der Waals surface area contributed by atoms with Crippen LogP contribution in [-0.2, 0) is 0 Å². The fourth-order valence-corrected chi connectivity index (χ4v) is 3.91. The van der Waals surface area contributed by atoms with E-state index >= 15 is 0 Å². The summed E-state index contributed by atoms with van der Waals surface area (Å²) in [6.07, 6.45) is 0. The average Bonchev–Trinajstić information content (AvgIpc) is 2.92. The van der Waals surface area contributed by atoms with Crippen LogP contribution in [0.1, 0.15) is 29.7 Å². The first kappa shape index (κ1) is 14.8. The summed E-state index contributed by atoms with van der Waals surface area (Å²) in [6.45, 7) is 5.25. The van der Waals surface area contributed by atoms with Crippen LogP contribution in [0.2, 0.25) is 0 Å². The van der Waals surface area contributed by atoms with E-state index in [1.807, 2.05) is 11.3 Å². The van der Waals surface area contributed by atoms with Gasteiger partial charge in [0.25, 0.3) is 0 Å². The Hall–Kier alpha value is -1.16. The Balaban J connectivity index is 2.11. The largest absolute Gasteiger partial charge is 0.306 e. The molecule has 1 heterocycles. The summed E-state index contributed by atoms with van der Waals surface area (Å²) in [5, 5.41) is 7.27. The molecule has 1 unspecified atom stereocenters. The van der Waals surface area contributed by atoms with Crippen molar-refractivity contribution in [3.8, 4) is 0 Å². The topological polar surface area (TPSA) is 12.0 Å². The highest BCUT2D eigenvalue weighted by molar-refractivity contribution is 9.10. The normalized spacial score (nSPS) is 12.7. The minimum atomic E-state index is 0.248. The molecule has 0 saturated carbocycles. The van der Waals surface area contributed by atoms with Crippen molar-refractivity contribution in [1.82, 2.24) is 5.32 Å². The molecule has 1 N–H and O–H groups in total. The third-order valence-corrected chi connectivity index (χ3v) is 5.62. The molecule has 21 heavy (non-hydrogen) atoms. The number of hydrogen-bond acceptors (Lipinski definition) is 2. The Morgan fingerprint density at radius 1 is 1.19 bits per heavy atom. The first-order chi connectivity index (χ1) is 10.2. The summed E-state index contributed by atoms with van der Waals surface area (Å²) in [5.41, 5.74) is 3.97. The van der Waals surface area contributed by atoms with Crippen LogP contribution < -0.4 is 5.32 Å². The monoisotopic (exact) mass is 359 g/mol. The van der Waals surface area contributed by atoms with Gasteiger partial charge in [-0.15, -0.1) is 11.3 Å². The molecule has 0 saturated heterocycles. The number of hydrogen-bond donors (Lipinski definition) is 1. The van der Waals surface area contributed by atoms with Crippen LogP contribution in [-0.4, -0.2) is 6.54 Å². The standard InChI is InChI=1S/C18H18BrNS/c1-3-20-18(13-8-9-16(19)12(2)10-13)15-11-21-17-7-5-4-6-14(15)17/h4-11,18,20H,3H2,1-2H3. The Kier molecular flexibility index (Phi) is 4.43. The van der Waals surface area contributed by atoms with Crippen molar-refractivity contribution in [3.63, 3.8) is 0 Å². The molecule has 1 atom stereocenters. The minimum Gasteiger partial charge on any atom is -0.306 e. The molecule has 0 radical (unpaired) electrons. The maximum absolute atomic E-state index is 3.63. The first-order valence-corrected chi connectivity index (χ1v) is 8.83. The molecule has 0 amide bonds. The number of rotatable bonds is 4. The van der Waals surface area contributed by atoms with Gasteiger partial charge in [-0.3, -0.25) is 0 Å². The van der Waals surface area contributed by atoms with Gasteiger partial charge in [0.2, 0.25) is 0 Å². The minimum absolute atomic E-state index is 0.248. The number of nitrogens with one attached hydrogen (secondary N) is 1. The molecule has 0 fully saturated rings. The highest BCUT2D eigenvalue weighted by atomic mass is 79.9. The highest BCUT2D eigenvalue weighted by Gasteiger charge is 2.17. The van der Waals surface area contributed by atoms with Crippen molar-refractivity contribution >= 4 is 37.4 Å². The number of aryl methyl sites for hydroxylation is 1. The van der Waals surface area contributed by atoms with Gasteiger partial charge in [0.1, 0.15) is 0 Å². The quantitative estimate of drug-likeness (QED) is 0.632. The van der Waals surface area contributed by atoms with E-state index < -0.39 is 0 Å². The lowest BCUT2D eigenvalue weighted by Crippen LogP contribution is -2.21. The number of benzene rings is 2. The molecule has 1 aromatic heterocycles. The maximum atomic E-state index is 3.63. The van der Waals surface area contributed by atoms with Crippen LogP contribution in [0.25, 0.3) is 10.1 Å². The molecule has 0 spiro atoms. The van der Waals surface area contributed by atoms with E-state index in [-0.39, 0.29) is 6.04 Å². The summed E-state index contributed by atoms with van der Waals surface area (Å²) in [5.74, 6) is 0. The lowest BCUT2D eigenvalue weighted by Gasteiger charge is -2.19. The van der Waals surface area contributed by atoms with Crippen molar-refractivity contribution in [1.29, 1.82) is 0 Å². The van der Waals surface area contributed by atoms with Crippen molar-refractivity contribution in [2.45, 2.75) is 19.9 Å². The van der Waals surface area contributed by atoms with E-state index in [1.165, 1.54) is 26.8 Å². The first-order valence-electron chi connectivity index (χ1n) is 7.16. The van der Waals surface area contributed by atoms with Crippen molar-refractivity contribution in [2.24, 2.45) is 0 Å². The molecular formula is C18H18BrNS. The van der Waals surface area contributed by atoms with E-state index in [9.17, 15) is 0 Å². The van der Waals surface area contributed by atoms with Crippen LogP contribution in [0, 0.1) is 6.92 Å². The summed E-state index contributed by atoms with van der Waals surface area (Å²) < 4.78 is 2.51. The Morgan fingerprint density at radius 2 is 2.00 bits per heavy atom. The second-order valence-electron chi connectivity index (χ2n) is 5.19. The summed E-state index contributed by atoms with van der Waals surface area (Å²) in [7, 11) is 0. The number of thiophene rings is 1. The molecule has 0 aliphatic heterocycles. The summed E-state index contributed by atoms with van der Waals surface area (Å²) >= 11 is 5.41. The molecule has 3 heteroatoms. The SMILES string of the molecule is CCNC(c1ccc(Br)c(C)c1)c1csc2ccccc12. The molecular weight excluding hydrogens is 342 g/mol. The Labute approximate surface area is 138 Å². The smallest absolute Gasteiger partial charge is 0.0591 e. The molecule has 0 bridgehead atoms. The van der Waals surface area contributed by atoms with Gasteiger partial charge in [-0.1, -0.05) is 53.2 Å². The van der Waals surface area contributed by atoms with E-state index in [1.54, 1.807) is 0 Å². The zero-order valence-electron chi connectivity index (χ0n) is 12.2. The Bertz CT molecular complexity index is 763. The van der Waals surface area contributed by atoms with Crippen LogP contribution in [0.15, 0.2) is 52.3 Å². The second kappa shape index (κ2) is 6.30. The lowest BCUT2D eigenvalue weighted by atomic mass is 9.97. The second-order valence-corrected chi connectivity index (χ2v) is 6.95. The number of fused-ring (bicyclic) bond motifs is 1. The zero-order chi connectivity index (χ0) is 14.8.